The Morgan fingerprint density at radius 2 is 1.38 bits per heavy atom. The predicted octanol–water partition coefficient (Wildman–Crippen LogP) is 8.03. The molecule has 0 spiro atoms. The maximum Gasteiger partial charge on any atom is 0.205 e. The van der Waals surface area contributed by atoms with Gasteiger partial charge in [0, 0.05) is 28.7 Å². The molecule has 7 heteroatoms. The van der Waals surface area contributed by atoms with Crippen molar-refractivity contribution in [3.8, 4) is 22.8 Å². The summed E-state index contributed by atoms with van der Waals surface area (Å²) in [5, 5.41) is 0.774. The van der Waals surface area contributed by atoms with Crippen molar-refractivity contribution < 1.29 is 14.3 Å². The van der Waals surface area contributed by atoms with Crippen LogP contribution in [0.1, 0.15) is 26.4 Å². The Bertz CT molecular complexity index is 1500. The van der Waals surface area contributed by atoms with E-state index in [0.717, 1.165) is 37.8 Å². The maximum absolute atomic E-state index is 13.7. The lowest BCUT2D eigenvalue weighted by atomic mass is 10.1. The highest BCUT2D eigenvalue weighted by Crippen LogP contribution is 2.37. The van der Waals surface area contributed by atoms with Crippen LogP contribution in [0, 0.1) is 0 Å². The molecule has 4 aromatic carbocycles. The Kier molecular flexibility index (Phi) is 8.39. The molecule has 0 aliphatic rings. The van der Waals surface area contributed by atoms with Gasteiger partial charge in [-0.05, 0) is 47.5 Å². The van der Waals surface area contributed by atoms with E-state index < -0.39 is 0 Å². The number of carbonyl (C=O) groups is 1. The molecule has 0 atom stereocenters. The average Bonchev–Trinajstić information content (AvgIpc) is 3.43. The third kappa shape index (κ3) is 6.38. The highest BCUT2D eigenvalue weighted by Gasteiger charge is 2.24. The van der Waals surface area contributed by atoms with Gasteiger partial charge in [0.05, 0.1) is 19.9 Å². The molecule has 39 heavy (non-hydrogen) atoms. The molecule has 0 N–H and O–H groups in total. The van der Waals surface area contributed by atoms with Gasteiger partial charge in [-0.1, -0.05) is 94.0 Å². The van der Waals surface area contributed by atoms with Gasteiger partial charge >= 0.3 is 0 Å². The van der Waals surface area contributed by atoms with Gasteiger partial charge in [-0.3, -0.25) is 4.79 Å². The van der Waals surface area contributed by atoms with Crippen LogP contribution in [0.5, 0.6) is 11.5 Å². The molecule has 0 saturated carbocycles. The minimum atomic E-state index is -0.0387. The van der Waals surface area contributed by atoms with Crippen LogP contribution >= 0.6 is 27.3 Å². The smallest absolute Gasteiger partial charge is 0.205 e. The van der Waals surface area contributed by atoms with Crippen molar-refractivity contribution in [3.05, 3.63) is 129 Å². The van der Waals surface area contributed by atoms with Crippen LogP contribution in [0.4, 0.5) is 5.13 Å². The Morgan fingerprint density at radius 1 is 0.795 bits per heavy atom. The minimum Gasteiger partial charge on any atom is -0.497 e. The molecule has 1 aromatic heterocycles. The number of hydrogen-bond acceptors (Lipinski definition) is 6. The lowest BCUT2D eigenvalue weighted by Crippen LogP contribution is -2.22. The zero-order valence-electron chi connectivity index (χ0n) is 21.6. The van der Waals surface area contributed by atoms with Gasteiger partial charge in [-0.2, -0.15) is 0 Å². The van der Waals surface area contributed by atoms with Crippen molar-refractivity contribution >= 4 is 38.2 Å². The summed E-state index contributed by atoms with van der Waals surface area (Å²) < 4.78 is 11.6. The van der Waals surface area contributed by atoms with Crippen molar-refractivity contribution in [2.75, 3.05) is 19.1 Å². The molecule has 0 unspecified atom stereocenters. The second kappa shape index (κ2) is 12.3. The molecular formula is C32H27BrN2O3S. The van der Waals surface area contributed by atoms with Crippen LogP contribution in [-0.2, 0) is 13.1 Å². The second-order valence-corrected chi connectivity index (χ2v) is 10.8. The zero-order chi connectivity index (χ0) is 27.2. The Morgan fingerprint density at radius 3 is 1.92 bits per heavy atom. The number of thiazole rings is 1. The van der Waals surface area contributed by atoms with E-state index in [9.17, 15) is 4.79 Å². The zero-order valence-corrected chi connectivity index (χ0v) is 24.0. The standard InChI is InChI=1S/C32H27BrN2O3S/c1-37-27-15-11-22(12-16-27)20-35(21-23-13-17-28(38-2)18-14-23)32-34-29(25-9-6-10-26(33)19-25)31(39-32)30(36)24-7-4-3-5-8-24/h3-19H,20-21H2,1-2H3. The summed E-state index contributed by atoms with van der Waals surface area (Å²) in [6.45, 7) is 1.22. The number of benzene rings is 4. The van der Waals surface area contributed by atoms with Crippen molar-refractivity contribution in [1.29, 1.82) is 0 Å². The Hall–Kier alpha value is -3.94. The fourth-order valence-corrected chi connectivity index (χ4v) is 5.69. The van der Waals surface area contributed by atoms with Crippen molar-refractivity contribution in [3.63, 3.8) is 0 Å². The van der Waals surface area contributed by atoms with E-state index >= 15 is 0 Å². The molecule has 0 bridgehead atoms. The second-order valence-electron chi connectivity index (χ2n) is 8.93. The van der Waals surface area contributed by atoms with E-state index in [4.69, 9.17) is 14.5 Å². The number of ether oxygens (including phenoxy) is 2. The summed E-state index contributed by atoms with van der Waals surface area (Å²) in [6, 6.07) is 33.3. The fraction of sp³-hybridized carbons (Fsp3) is 0.125. The number of aromatic nitrogens is 1. The fourth-order valence-electron chi connectivity index (χ4n) is 4.24. The van der Waals surface area contributed by atoms with E-state index in [1.807, 2.05) is 78.9 Å². The van der Waals surface area contributed by atoms with Crippen LogP contribution in [0.2, 0.25) is 0 Å². The highest BCUT2D eigenvalue weighted by atomic mass is 79.9. The van der Waals surface area contributed by atoms with Crippen LogP contribution in [-0.4, -0.2) is 25.0 Å². The summed E-state index contributed by atoms with van der Waals surface area (Å²) in [7, 11) is 3.32. The molecule has 0 aliphatic heterocycles. The van der Waals surface area contributed by atoms with Gasteiger partial charge in [0.25, 0.3) is 0 Å². The molecule has 1 heterocycles. The topological polar surface area (TPSA) is 51.7 Å². The predicted molar refractivity (Wildman–Crippen MR) is 161 cm³/mol. The molecule has 196 valence electrons. The number of rotatable bonds is 10. The van der Waals surface area contributed by atoms with Gasteiger partial charge < -0.3 is 14.4 Å². The van der Waals surface area contributed by atoms with E-state index in [-0.39, 0.29) is 5.78 Å². The van der Waals surface area contributed by atoms with Crippen molar-refractivity contribution in [2.45, 2.75) is 13.1 Å². The number of methoxy groups -OCH3 is 2. The molecule has 5 nitrogen and oxygen atoms in total. The Labute approximate surface area is 240 Å². The summed E-state index contributed by atoms with van der Waals surface area (Å²) in [5.41, 5.74) is 4.43. The molecule has 5 aromatic rings. The number of nitrogens with zero attached hydrogens (tertiary/aromatic N) is 2. The lowest BCUT2D eigenvalue weighted by Gasteiger charge is -2.22. The van der Waals surface area contributed by atoms with E-state index in [1.54, 1.807) is 14.2 Å². The third-order valence-electron chi connectivity index (χ3n) is 6.29. The summed E-state index contributed by atoms with van der Waals surface area (Å²) in [5.74, 6) is 1.58. The first-order valence-electron chi connectivity index (χ1n) is 12.4. The molecule has 0 aliphatic carbocycles. The van der Waals surface area contributed by atoms with E-state index in [1.165, 1.54) is 11.3 Å². The largest absolute Gasteiger partial charge is 0.497 e. The SMILES string of the molecule is COc1ccc(CN(Cc2ccc(OC)cc2)c2nc(-c3cccc(Br)c3)c(C(=O)c3ccccc3)s2)cc1. The summed E-state index contributed by atoms with van der Waals surface area (Å²) in [6.07, 6.45) is 0. The number of carbonyl (C=O) groups excluding carboxylic acids is 1. The van der Waals surface area contributed by atoms with Gasteiger partial charge in [-0.25, -0.2) is 4.98 Å². The first kappa shape index (κ1) is 26.7. The monoisotopic (exact) mass is 598 g/mol. The number of halogens is 1. The van der Waals surface area contributed by atoms with Crippen LogP contribution < -0.4 is 14.4 Å². The minimum absolute atomic E-state index is 0.0387. The molecule has 0 radical (unpaired) electrons. The molecule has 5 rings (SSSR count). The first-order chi connectivity index (χ1) is 19.0. The lowest BCUT2D eigenvalue weighted by molar-refractivity contribution is 0.104. The molecule has 0 amide bonds. The van der Waals surface area contributed by atoms with Crippen molar-refractivity contribution in [1.82, 2.24) is 4.98 Å². The van der Waals surface area contributed by atoms with E-state index in [0.29, 0.717) is 29.2 Å². The number of ketones is 1. The Balaban J connectivity index is 1.58. The van der Waals surface area contributed by atoms with Gasteiger partial charge in [-0.15, -0.1) is 0 Å². The first-order valence-corrected chi connectivity index (χ1v) is 14.0. The van der Waals surface area contributed by atoms with E-state index in [2.05, 4.69) is 45.1 Å². The van der Waals surface area contributed by atoms with Crippen molar-refractivity contribution in [2.24, 2.45) is 0 Å². The average molecular weight is 600 g/mol. The molecule has 0 fully saturated rings. The third-order valence-corrected chi connectivity index (χ3v) is 7.90. The van der Waals surface area contributed by atoms with Crippen LogP contribution in [0.3, 0.4) is 0 Å². The maximum atomic E-state index is 13.7. The van der Waals surface area contributed by atoms with Crippen LogP contribution in [0.15, 0.2) is 108 Å². The molecule has 0 saturated heterocycles. The highest BCUT2D eigenvalue weighted by molar-refractivity contribution is 9.10. The van der Waals surface area contributed by atoms with Gasteiger partial charge in [0.2, 0.25) is 5.78 Å². The van der Waals surface area contributed by atoms with Gasteiger partial charge in [0.1, 0.15) is 16.4 Å². The normalized spacial score (nSPS) is 10.7. The van der Waals surface area contributed by atoms with Crippen LogP contribution in [0.25, 0.3) is 11.3 Å². The number of hydrogen-bond donors (Lipinski definition) is 0. The number of anilines is 1. The quantitative estimate of drug-likeness (QED) is 0.152. The van der Waals surface area contributed by atoms with Gasteiger partial charge in [0.15, 0.2) is 5.13 Å². The molecular weight excluding hydrogens is 572 g/mol. The summed E-state index contributed by atoms with van der Waals surface area (Å²) in [4.78, 5) is 21.6. The summed E-state index contributed by atoms with van der Waals surface area (Å²) >= 11 is 5.00.